The van der Waals surface area contributed by atoms with Gasteiger partial charge in [0.1, 0.15) is 11.5 Å². The number of hydrogen-bond acceptors (Lipinski definition) is 4. The van der Waals surface area contributed by atoms with E-state index in [1.54, 1.807) is 42.3 Å². The maximum atomic E-state index is 13.6. The molecule has 6 nitrogen and oxygen atoms in total. The highest BCUT2D eigenvalue weighted by Crippen LogP contribution is 2.44. The van der Waals surface area contributed by atoms with Gasteiger partial charge >= 0.3 is 0 Å². The van der Waals surface area contributed by atoms with Gasteiger partial charge in [-0.1, -0.05) is 25.1 Å². The molecule has 0 aromatic heterocycles. The van der Waals surface area contributed by atoms with Gasteiger partial charge in [-0.15, -0.1) is 0 Å². The van der Waals surface area contributed by atoms with E-state index in [4.69, 9.17) is 9.47 Å². The van der Waals surface area contributed by atoms with E-state index in [2.05, 4.69) is 0 Å². The molecular weight excluding hydrogens is 430 g/mol. The second-order valence-electron chi connectivity index (χ2n) is 7.97. The van der Waals surface area contributed by atoms with Crippen molar-refractivity contribution >= 4 is 17.5 Å². The van der Waals surface area contributed by atoms with Crippen molar-refractivity contribution < 1.29 is 27.8 Å². The van der Waals surface area contributed by atoms with Crippen LogP contribution < -0.4 is 14.4 Å². The zero-order valence-electron chi connectivity index (χ0n) is 19.2. The molecule has 1 fully saturated rings. The summed E-state index contributed by atoms with van der Waals surface area (Å²) in [5, 5.41) is 0. The van der Waals surface area contributed by atoms with Gasteiger partial charge < -0.3 is 19.3 Å². The van der Waals surface area contributed by atoms with E-state index in [9.17, 15) is 18.4 Å². The topological polar surface area (TPSA) is 59.1 Å². The summed E-state index contributed by atoms with van der Waals surface area (Å²) in [4.78, 5) is 29.6. The highest BCUT2D eigenvalue weighted by Gasteiger charge is 2.44. The number of methoxy groups -OCH3 is 2. The molecule has 2 aromatic rings. The van der Waals surface area contributed by atoms with Crippen molar-refractivity contribution in [2.45, 2.75) is 38.7 Å². The van der Waals surface area contributed by atoms with Crippen LogP contribution >= 0.6 is 0 Å². The Bertz CT molecular complexity index is 952. The molecule has 1 saturated heterocycles. The summed E-state index contributed by atoms with van der Waals surface area (Å²) in [7, 11) is 3.08. The van der Waals surface area contributed by atoms with Crippen LogP contribution in [0.4, 0.5) is 14.5 Å². The van der Waals surface area contributed by atoms with Crippen molar-refractivity contribution in [3.63, 3.8) is 0 Å². The fourth-order valence-electron chi connectivity index (χ4n) is 4.43. The summed E-state index contributed by atoms with van der Waals surface area (Å²) >= 11 is 0. The van der Waals surface area contributed by atoms with E-state index in [-0.39, 0.29) is 31.2 Å². The maximum Gasteiger partial charge on any atom is 0.255 e. The number of nitrogens with zero attached hydrogens (tertiary/aromatic N) is 2. The third-order valence-electron chi connectivity index (χ3n) is 5.89. The molecule has 3 rings (SSSR count). The Morgan fingerprint density at radius 1 is 1.12 bits per heavy atom. The monoisotopic (exact) mass is 460 g/mol. The number of carbonyl (C=O) groups excluding carboxylic acids is 2. The predicted molar refractivity (Wildman–Crippen MR) is 122 cm³/mol. The Morgan fingerprint density at radius 3 is 2.42 bits per heavy atom. The number of anilines is 1. The van der Waals surface area contributed by atoms with Crippen molar-refractivity contribution in [2.24, 2.45) is 5.92 Å². The summed E-state index contributed by atoms with van der Waals surface area (Å²) < 4.78 is 37.3. The number of alkyl halides is 2. The molecule has 1 aliphatic heterocycles. The van der Waals surface area contributed by atoms with E-state index in [0.717, 1.165) is 0 Å². The molecule has 0 spiro atoms. The molecule has 0 radical (unpaired) electrons. The van der Waals surface area contributed by atoms with Gasteiger partial charge in [-0.2, -0.15) is 0 Å². The average Bonchev–Trinajstić information content (AvgIpc) is 2.83. The van der Waals surface area contributed by atoms with Crippen molar-refractivity contribution in [1.82, 2.24) is 4.90 Å². The van der Waals surface area contributed by atoms with E-state index < -0.39 is 24.9 Å². The van der Waals surface area contributed by atoms with Crippen molar-refractivity contribution in [3.05, 3.63) is 54.1 Å². The lowest BCUT2D eigenvalue weighted by Crippen LogP contribution is -2.50. The Balaban J connectivity index is 2.11. The zero-order valence-corrected chi connectivity index (χ0v) is 19.2. The van der Waals surface area contributed by atoms with Crippen LogP contribution in [0.5, 0.6) is 11.5 Å². The first kappa shape index (κ1) is 24.5. The zero-order chi connectivity index (χ0) is 24.0. The normalized spacial score (nSPS) is 18.4. The molecule has 8 heteroatoms. The fourth-order valence-corrected chi connectivity index (χ4v) is 4.43. The van der Waals surface area contributed by atoms with E-state index >= 15 is 0 Å². The first-order valence-electron chi connectivity index (χ1n) is 11.1. The summed E-state index contributed by atoms with van der Waals surface area (Å²) in [5.41, 5.74) is 1.26. The molecule has 0 bridgehead atoms. The number of hydrogen-bond donors (Lipinski definition) is 0. The number of halogens is 2. The number of rotatable bonds is 9. The van der Waals surface area contributed by atoms with E-state index in [0.29, 0.717) is 29.2 Å². The number of piperidine rings is 1. The summed E-state index contributed by atoms with van der Waals surface area (Å²) in [6.07, 6.45) is -1.65. The molecule has 2 unspecified atom stereocenters. The van der Waals surface area contributed by atoms with E-state index in [1.807, 2.05) is 25.1 Å². The van der Waals surface area contributed by atoms with Crippen LogP contribution in [0.1, 0.15) is 37.8 Å². The highest BCUT2D eigenvalue weighted by molar-refractivity contribution is 5.97. The molecule has 0 N–H and O–H groups in total. The Kier molecular flexibility index (Phi) is 8.25. The third kappa shape index (κ3) is 5.43. The van der Waals surface area contributed by atoms with Crippen LogP contribution in [0.2, 0.25) is 0 Å². The van der Waals surface area contributed by atoms with Crippen LogP contribution in [0, 0.1) is 5.92 Å². The fraction of sp³-hybridized carbons (Fsp3) is 0.440. The Hall–Kier alpha value is -3.16. The summed E-state index contributed by atoms with van der Waals surface area (Å²) in [6, 6.07) is 13.5. The second-order valence-corrected chi connectivity index (χ2v) is 7.97. The standard InChI is InChI=1S/C25H30F2N2O4/c1-4-15-28(16-22(26)27)25(31)20-13-14-23(30)29(17-9-11-18(32-2)12-10-17)24(20)19-7-5-6-8-21(19)33-3/h5-12,20,22,24H,4,13-16H2,1-3H3. The van der Waals surface area contributed by atoms with Crippen LogP contribution in [-0.2, 0) is 9.59 Å². The van der Waals surface area contributed by atoms with Gasteiger partial charge in [0.15, 0.2) is 0 Å². The number of amides is 2. The third-order valence-corrected chi connectivity index (χ3v) is 5.89. The van der Waals surface area contributed by atoms with Crippen molar-refractivity contribution in [3.8, 4) is 11.5 Å². The Morgan fingerprint density at radius 2 is 1.82 bits per heavy atom. The lowest BCUT2D eigenvalue weighted by atomic mass is 9.82. The van der Waals surface area contributed by atoms with Gasteiger partial charge in [0.05, 0.1) is 32.7 Å². The lowest BCUT2D eigenvalue weighted by molar-refractivity contribution is -0.140. The van der Waals surface area contributed by atoms with Crippen LogP contribution in [-0.4, -0.2) is 50.4 Å². The van der Waals surface area contributed by atoms with Crippen LogP contribution in [0.25, 0.3) is 0 Å². The van der Waals surface area contributed by atoms with Gasteiger partial charge in [-0.25, -0.2) is 8.78 Å². The smallest absolute Gasteiger partial charge is 0.255 e. The predicted octanol–water partition coefficient (Wildman–Crippen LogP) is 4.69. The minimum absolute atomic E-state index is 0.142. The number of benzene rings is 2. The lowest BCUT2D eigenvalue weighted by Gasteiger charge is -2.42. The number of para-hydroxylation sites is 1. The minimum Gasteiger partial charge on any atom is -0.497 e. The van der Waals surface area contributed by atoms with Crippen molar-refractivity contribution in [2.75, 3.05) is 32.2 Å². The first-order chi connectivity index (χ1) is 15.9. The van der Waals surface area contributed by atoms with Gasteiger partial charge in [0, 0.05) is 24.2 Å². The van der Waals surface area contributed by atoms with Crippen LogP contribution in [0.3, 0.4) is 0 Å². The molecule has 2 aromatic carbocycles. The molecule has 2 amide bonds. The molecule has 2 atom stereocenters. The quantitative estimate of drug-likeness (QED) is 0.545. The summed E-state index contributed by atoms with van der Waals surface area (Å²) in [6.45, 7) is 1.45. The minimum atomic E-state index is -2.63. The maximum absolute atomic E-state index is 13.6. The SMILES string of the molecule is CCCN(CC(F)F)C(=O)C1CCC(=O)N(c2ccc(OC)cc2)C1c1ccccc1OC. The second kappa shape index (κ2) is 11.1. The molecule has 1 aliphatic rings. The number of carbonyl (C=O) groups is 2. The largest absolute Gasteiger partial charge is 0.497 e. The molecule has 33 heavy (non-hydrogen) atoms. The number of ether oxygens (including phenoxy) is 2. The van der Waals surface area contributed by atoms with Gasteiger partial charge in [0.25, 0.3) is 6.43 Å². The average molecular weight is 461 g/mol. The van der Waals surface area contributed by atoms with Gasteiger partial charge in [-0.05, 0) is 43.2 Å². The van der Waals surface area contributed by atoms with Crippen LogP contribution in [0.15, 0.2) is 48.5 Å². The molecule has 178 valence electrons. The molecule has 0 saturated carbocycles. The molecular formula is C25H30F2N2O4. The summed E-state index contributed by atoms with van der Waals surface area (Å²) in [5.74, 6) is -0.0402. The van der Waals surface area contributed by atoms with E-state index in [1.165, 1.54) is 12.0 Å². The van der Waals surface area contributed by atoms with Crippen molar-refractivity contribution in [1.29, 1.82) is 0 Å². The molecule has 1 heterocycles. The van der Waals surface area contributed by atoms with Gasteiger partial charge in [0.2, 0.25) is 11.8 Å². The molecule has 0 aliphatic carbocycles. The Labute approximate surface area is 193 Å². The first-order valence-corrected chi connectivity index (χ1v) is 11.1. The van der Waals surface area contributed by atoms with Gasteiger partial charge in [-0.3, -0.25) is 9.59 Å². The highest BCUT2D eigenvalue weighted by atomic mass is 19.3.